The number of para-hydroxylation sites is 1. The molecule has 0 fully saturated rings. The number of nitrogens with two attached hydrogens (primary N) is 1. The van der Waals surface area contributed by atoms with Crippen molar-refractivity contribution < 1.29 is 19.7 Å². The predicted octanol–water partition coefficient (Wildman–Crippen LogP) is 1.59. The number of nitrogen functional groups attached to an aromatic ring is 1. The second kappa shape index (κ2) is 8.17. The summed E-state index contributed by atoms with van der Waals surface area (Å²) in [5.41, 5.74) is 7.40. The van der Waals surface area contributed by atoms with Crippen LogP contribution in [0.15, 0.2) is 54.6 Å². The largest absolute Gasteiger partial charge is 0.445 e. The van der Waals surface area contributed by atoms with Gasteiger partial charge in [-0.1, -0.05) is 48.5 Å². The molecule has 2 rings (SSSR count). The Bertz CT molecular complexity index is 634. The summed E-state index contributed by atoms with van der Waals surface area (Å²) < 4.78 is 5.02. The van der Waals surface area contributed by atoms with Gasteiger partial charge in [0.15, 0.2) is 0 Å². The van der Waals surface area contributed by atoms with E-state index >= 15 is 0 Å². The van der Waals surface area contributed by atoms with E-state index in [1.807, 2.05) is 30.3 Å². The molecule has 2 atom stereocenters. The Balaban J connectivity index is 1.78. The Morgan fingerprint density at radius 3 is 2.43 bits per heavy atom. The number of hydrogen-bond acceptors (Lipinski definition) is 5. The van der Waals surface area contributed by atoms with E-state index in [9.17, 15) is 15.0 Å². The fourth-order valence-corrected chi connectivity index (χ4v) is 2.06. The highest BCUT2D eigenvalue weighted by molar-refractivity contribution is 5.67. The minimum Gasteiger partial charge on any atom is -0.445 e. The van der Waals surface area contributed by atoms with E-state index in [1.54, 1.807) is 24.3 Å². The summed E-state index contributed by atoms with van der Waals surface area (Å²) in [5, 5.41) is 22.4. The number of aliphatic hydroxyl groups excluding tert-OH is 2. The van der Waals surface area contributed by atoms with Crippen LogP contribution in [0, 0.1) is 0 Å². The molecule has 2 aromatic carbocycles. The molecular formula is C17H20N2O4. The third-order valence-corrected chi connectivity index (χ3v) is 3.35. The number of alkyl carbamates (subject to hydrolysis) is 1. The standard InChI is InChI=1S/C17H20N2O4/c18-14-9-5-4-8-13(14)16(21)15(20)10-19-17(22)23-11-12-6-2-1-3-7-12/h1-9,15-16,20-21H,10-11,18H2,(H,19,22). The van der Waals surface area contributed by atoms with Gasteiger partial charge in [0.05, 0.1) is 0 Å². The van der Waals surface area contributed by atoms with Crippen LogP contribution in [0.3, 0.4) is 0 Å². The monoisotopic (exact) mass is 316 g/mol. The van der Waals surface area contributed by atoms with Crippen LogP contribution >= 0.6 is 0 Å². The molecule has 0 spiro atoms. The van der Waals surface area contributed by atoms with E-state index in [1.165, 1.54) is 0 Å². The van der Waals surface area contributed by atoms with Crippen LogP contribution in [0.25, 0.3) is 0 Å². The summed E-state index contributed by atoms with van der Waals surface area (Å²) in [6, 6.07) is 15.9. The Morgan fingerprint density at radius 2 is 1.74 bits per heavy atom. The molecule has 122 valence electrons. The van der Waals surface area contributed by atoms with E-state index in [2.05, 4.69) is 5.32 Å². The fraction of sp³-hybridized carbons (Fsp3) is 0.235. The molecule has 5 N–H and O–H groups in total. The Hall–Kier alpha value is -2.57. The van der Waals surface area contributed by atoms with Crippen LogP contribution < -0.4 is 11.1 Å². The van der Waals surface area contributed by atoms with Gasteiger partial charge >= 0.3 is 6.09 Å². The average molecular weight is 316 g/mol. The first-order chi connectivity index (χ1) is 11.1. The third kappa shape index (κ3) is 4.98. The molecule has 1 amide bonds. The van der Waals surface area contributed by atoms with Gasteiger partial charge in [-0.2, -0.15) is 0 Å². The van der Waals surface area contributed by atoms with Crippen molar-refractivity contribution in [2.24, 2.45) is 0 Å². The van der Waals surface area contributed by atoms with Crippen LogP contribution in [0.4, 0.5) is 10.5 Å². The Labute approximate surface area is 134 Å². The number of nitrogens with one attached hydrogen (secondary N) is 1. The SMILES string of the molecule is Nc1ccccc1C(O)C(O)CNC(=O)OCc1ccccc1. The Morgan fingerprint density at radius 1 is 1.09 bits per heavy atom. The van der Waals surface area contributed by atoms with E-state index in [0.717, 1.165) is 5.56 Å². The molecule has 6 nitrogen and oxygen atoms in total. The number of aliphatic hydroxyl groups is 2. The summed E-state index contributed by atoms with van der Waals surface area (Å²) in [4.78, 5) is 11.6. The predicted molar refractivity (Wildman–Crippen MR) is 86.5 cm³/mol. The maximum atomic E-state index is 11.6. The van der Waals surface area contributed by atoms with Crippen molar-refractivity contribution in [1.82, 2.24) is 5.32 Å². The molecule has 2 aromatic rings. The van der Waals surface area contributed by atoms with Crippen molar-refractivity contribution in [1.29, 1.82) is 0 Å². The highest BCUT2D eigenvalue weighted by atomic mass is 16.5. The lowest BCUT2D eigenvalue weighted by molar-refractivity contribution is 0.0188. The number of hydrogen-bond donors (Lipinski definition) is 4. The van der Waals surface area contributed by atoms with E-state index in [-0.39, 0.29) is 13.2 Å². The fourth-order valence-electron chi connectivity index (χ4n) is 2.06. The molecular weight excluding hydrogens is 296 g/mol. The highest BCUT2D eigenvalue weighted by Crippen LogP contribution is 2.22. The van der Waals surface area contributed by atoms with Gasteiger partial charge in [0.25, 0.3) is 0 Å². The molecule has 0 radical (unpaired) electrons. The van der Waals surface area contributed by atoms with Crippen LogP contribution in [0.1, 0.15) is 17.2 Å². The molecule has 0 aromatic heterocycles. The van der Waals surface area contributed by atoms with Crippen molar-refractivity contribution >= 4 is 11.8 Å². The zero-order valence-electron chi connectivity index (χ0n) is 12.6. The number of carbonyl (C=O) groups is 1. The maximum absolute atomic E-state index is 11.6. The molecule has 0 heterocycles. The van der Waals surface area contributed by atoms with Gasteiger partial charge in [0, 0.05) is 17.8 Å². The summed E-state index contributed by atoms with van der Waals surface area (Å²) >= 11 is 0. The van der Waals surface area contributed by atoms with Gasteiger partial charge in [-0.05, 0) is 11.6 Å². The second-order valence-corrected chi connectivity index (χ2v) is 5.08. The topological polar surface area (TPSA) is 105 Å². The lowest BCUT2D eigenvalue weighted by atomic mass is 10.0. The number of carbonyl (C=O) groups excluding carboxylic acids is 1. The summed E-state index contributed by atoms with van der Waals surface area (Å²) in [6.07, 6.45) is -3.05. The number of anilines is 1. The summed E-state index contributed by atoms with van der Waals surface area (Å²) in [6.45, 7) is -0.0138. The van der Waals surface area contributed by atoms with Crippen LogP contribution in [0.2, 0.25) is 0 Å². The Kier molecular flexibility index (Phi) is 5.96. The molecule has 6 heteroatoms. The lowest BCUT2D eigenvalue weighted by Gasteiger charge is -2.19. The van der Waals surface area contributed by atoms with Gasteiger partial charge in [-0.25, -0.2) is 4.79 Å². The molecule has 0 saturated heterocycles. The van der Waals surface area contributed by atoms with Gasteiger partial charge in [0.1, 0.15) is 18.8 Å². The second-order valence-electron chi connectivity index (χ2n) is 5.08. The van der Waals surface area contributed by atoms with Crippen molar-refractivity contribution in [3.05, 3.63) is 65.7 Å². The van der Waals surface area contributed by atoms with E-state index < -0.39 is 18.3 Å². The van der Waals surface area contributed by atoms with Crippen molar-refractivity contribution in [2.45, 2.75) is 18.8 Å². The van der Waals surface area contributed by atoms with Crippen molar-refractivity contribution in [2.75, 3.05) is 12.3 Å². The van der Waals surface area contributed by atoms with Gasteiger partial charge in [-0.15, -0.1) is 0 Å². The minimum atomic E-state index is -1.19. The highest BCUT2D eigenvalue weighted by Gasteiger charge is 2.21. The van der Waals surface area contributed by atoms with Gasteiger partial charge in [-0.3, -0.25) is 0 Å². The first-order valence-electron chi connectivity index (χ1n) is 7.23. The molecule has 0 aliphatic rings. The zero-order valence-corrected chi connectivity index (χ0v) is 12.6. The maximum Gasteiger partial charge on any atom is 0.407 e. The van der Waals surface area contributed by atoms with Gasteiger partial charge in [0.2, 0.25) is 0 Å². The zero-order chi connectivity index (χ0) is 16.7. The molecule has 0 aliphatic carbocycles. The smallest absolute Gasteiger partial charge is 0.407 e. The van der Waals surface area contributed by atoms with Crippen LogP contribution in [0.5, 0.6) is 0 Å². The first kappa shape index (κ1) is 16.8. The van der Waals surface area contributed by atoms with E-state index in [0.29, 0.717) is 11.3 Å². The van der Waals surface area contributed by atoms with Crippen molar-refractivity contribution in [3.63, 3.8) is 0 Å². The summed E-state index contributed by atoms with van der Waals surface area (Å²) in [5.74, 6) is 0. The number of ether oxygens (including phenoxy) is 1. The third-order valence-electron chi connectivity index (χ3n) is 3.35. The first-order valence-corrected chi connectivity index (χ1v) is 7.23. The van der Waals surface area contributed by atoms with Crippen molar-refractivity contribution in [3.8, 4) is 0 Å². The normalized spacial score (nSPS) is 13.1. The number of rotatable bonds is 6. The van der Waals surface area contributed by atoms with Gasteiger partial charge < -0.3 is 26.0 Å². The minimum absolute atomic E-state index is 0.136. The quantitative estimate of drug-likeness (QED) is 0.606. The van der Waals surface area contributed by atoms with E-state index in [4.69, 9.17) is 10.5 Å². The number of amides is 1. The number of benzene rings is 2. The summed E-state index contributed by atoms with van der Waals surface area (Å²) in [7, 11) is 0. The lowest BCUT2D eigenvalue weighted by Crippen LogP contribution is -2.36. The average Bonchev–Trinajstić information content (AvgIpc) is 2.58. The molecule has 0 bridgehead atoms. The van der Waals surface area contributed by atoms with Crippen LogP contribution in [-0.4, -0.2) is 29.0 Å². The van der Waals surface area contributed by atoms with Crippen LogP contribution in [-0.2, 0) is 11.3 Å². The molecule has 23 heavy (non-hydrogen) atoms. The molecule has 2 unspecified atom stereocenters. The molecule has 0 aliphatic heterocycles. The molecule has 0 saturated carbocycles.